The van der Waals surface area contributed by atoms with Gasteiger partial charge in [0.25, 0.3) is 0 Å². The van der Waals surface area contributed by atoms with E-state index < -0.39 is 8.80 Å². The van der Waals surface area contributed by atoms with Gasteiger partial charge >= 0.3 is 8.80 Å². The molecule has 1 aromatic rings. The van der Waals surface area contributed by atoms with E-state index in [0.717, 1.165) is 11.7 Å². The smallest absolute Gasteiger partial charge is 0.373 e. The summed E-state index contributed by atoms with van der Waals surface area (Å²) in [4.78, 5) is 2.55. The maximum absolute atomic E-state index is 6.28. The largest absolute Gasteiger partial charge is 0.536 e. The summed E-state index contributed by atoms with van der Waals surface area (Å²) in [6.45, 7) is 5.25. The number of nitrogens with zero attached hydrogens (tertiary/aromatic N) is 1. The van der Waals surface area contributed by atoms with E-state index in [4.69, 9.17) is 13.3 Å². The topological polar surface area (TPSA) is 30.9 Å². The van der Waals surface area contributed by atoms with Gasteiger partial charge in [-0.1, -0.05) is 43.7 Å². The standard InChI is InChI=1S/C17H29NO3Si/c1-4-13-18-14-9-8-10-16(18)15-21-22(19-2,20-3)17-11-6-5-7-12-17/h5-7,11-12,16H,4,8-10,13-15H2,1-3H3. The van der Waals surface area contributed by atoms with Crippen LogP contribution in [0.5, 0.6) is 0 Å². The van der Waals surface area contributed by atoms with Crippen molar-refractivity contribution in [2.24, 2.45) is 0 Å². The molecule has 1 atom stereocenters. The lowest BCUT2D eigenvalue weighted by Crippen LogP contribution is -2.57. The summed E-state index contributed by atoms with van der Waals surface area (Å²) in [7, 11) is 0.593. The van der Waals surface area contributed by atoms with Crippen molar-refractivity contribution < 1.29 is 13.3 Å². The number of hydrogen-bond donors (Lipinski definition) is 0. The quantitative estimate of drug-likeness (QED) is 0.688. The second kappa shape index (κ2) is 8.79. The molecule has 1 aliphatic rings. The molecule has 1 fully saturated rings. The fraction of sp³-hybridized carbons (Fsp3) is 0.647. The van der Waals surface area contributed by atoms with E-state index in [-0.39, 0.29) is 0 Å². The molecule has 22 heavy (non-hydrogen) atoms. The third-order valence-corrected chi connectivity index (χ3v) is 7.05. The zero-order valence-corrected chi connectivity index (χ0v) is 15.1. The van der Waals surface area contributed by atoms with Crippen LogP contribution in [0.15, 0.2) is 30.3 Å². The number of likely N-dealkylation sites (tertiary alicyclic amines) is 1. The van der Waals surface area contributed by atoms with Gasteiger partial charge in [-0.3, -0.25) is 4.90 Å². The molecule has 4 nitrogen and oxygen atoms in total. The van der Waals surface area contributed by atoms with Crippen molar-refractivity contribution in [1.82, 2.24) is 4.90 Å². The monoisotopic (exact) mass is 323 g/mol. The molecule has 1 heterocycles. The van der Waals surface area contributed by atoms with E-state index >= 15 is 0 Å². The van der Waals surface area contributed by atoms with Gasteiger partial charge in [0.05, 0.1) is 6.61 Å². The predicted octanol–water partition coefficient (Wildman–Crippen LogP) is 2.41. The third kappa shape index (κ3) is 4.17. The van der Waals surface area contributed by atoms with Crippen LogP contribution in [-0.2, 0) is 13.3 Å². The lowest BCUT2D eigenvalue weighted by Gasteiger charge is -2.37. The highest BCUT2D eigenvalue weighted by Crippen LogP contribution is 2.19. The zero-order valence-electron chi connectivity index (χ0n) is 14.1. The first kappa shape index (κ1) is 17.6. The number of rotatable bonds is 8. The van der Waals surface area contributed by atoms with Crippen LogP contribution in [-0.4, -0.2) is 53.7 Å². The van der Waals surface area contributed by atoms with Crippen molar-refractivity contribution in [1.29, 1.82) is 0 Å². The molecule has 1 aromatic carbocycles. The Kier molecular flexibility index (Phi) is 7.04. The van der Waals surface area contributed by atoms with Gasteiger partial charge in [0.15, 0.2) is 0 Å². The van der Waals surface area contributed by atoms with Crippen LogP contribution in [0.25, 0.3) is 0 Å². The molecule has 0 amide bonds. The fourth-order valence-corrected chi connectivity index (χ4v) is 5.25. The van der Waals surface area contributed by atoms with Crippen molar-refractivity contribution in [3.05, 3.63) is 30.3 Å². The molecule has 0 N–H and O–H groups in total. The van der Waals surface area contributed by atoms with Gasteiger partial charge in [-0.25, -0.2) is 0 Å². The summed E-state index contributed by atoms with van der Waals surface area (Å²) in [5.74, 6) is 0. The maximum Gasteiger partial charge on any atom is 0.536 e. The summed E-state index contributed by atoms with van der Waals surface area (Å²) in [6.07, 6.45) is 4.97. The van der Waals surface area contributed by atoms with Crippen molar-refractivity contribution in [2.75, 3.05) is 33.9 Å². The molecular weight excluding hydrogens is 294 g/mol. The molecule has 0 saturated carbocycles. The van der Waals surface area contributed by atoms with Gasteiger partial charge in [0.1, 0.15) is 0 Å². The average Bonchev–Trinajstić information content (AvgIpc) is 2.59. The van der Waals surface area contributed by atoms with Crippen LogP contribution in [0.2, 0.25) is 0 Å². The average molecular weight is 324 g/mol. The summed E-state index contributed by atoms with van der Waals surface area (Å²) < 4.78 is 17.8. The highest BCUT2D eigenvalue weighted by atomic mass is 28.4. The second-order valence-corrected chi connectivity index (χ2v) is 8.62. The Hall–Kier alpha value is -0.723. The molecule has 124 valence electrons. The maximum atomic E-state index is 6.28. The van der Waals surface area contributed by atoms with E-state index in [2.05, 4.69) is 11.8 Å². The molecule has 1 aliphatic heterocycles. The number of benzene rings is 1. The Morgan fingerprint density at radius 2 is 1.86 bits per heavy atom. The van der Waals surface area contributed by atoms with E-state index in [1.165, 1.54) is 32.2 Å². The Morgan fingerprint density at radius 1 is 1.14 bits per heavy atom. The highest BCUT2D eigenvalue weighted by Gasteiger charge is 2.42. The van der Waals surface area contributed by atoms with Crippen molar-refractivity contribution in [3.63, 3.8) is 0 Å². The van der Waals surface area contributed by atoms with Gasteiger partial charge in [0, 0.05) is 25.4 Å². The molecule has 2 rings (SSSR count). The first-order valence-corrected chi connectivity index (χ1v) is 10.0. The summed E-state index contributed by atoms with van der Waals surface area (Å²) in [6, 6.07) is 10.5. The molecular formula is C17H29NO3Si. The first-order valence-electron chi connectivity index (χ1n) is 8.29. The Balaban J connectivity index is 2.05. The van der Waals surface area contributed by atoms with Crippen LogP contribution < -0.4 is 5.19 Å². The number of piperidine rings is 1. The molecule has 0 spiro atoms. The van der Waals surface area contributed by atoms with Gasteiger partial charge < -0.3 is 13.3 Å². The predicted molar refractivity (Wildman–Crippen MR) is 91.3 cm³/mol. The summed E-state index contributed by atoms with van der Waals surface area (Å²) in [5, 5.41) is 1.03. The van der Waals surface area contributed by atoms with E-state index in [0.29, 0.717) is 12.6 Å². The van der Waals surface area contributed by atoms with E-state index in [1.807, 2.05) is 30.3 Å². The lowest BCUT2D eigenvalue weighted by molar-refractivity contribution is 0.0523. The first-order chi connectivity index (χ1) is 10.8. The lowest BCUT2D eigenvalue weighted by atomic mass is 10.0. The number of hydrogen-bond acceptors (Lipinski definition) is 4. The van der Waals surface area contributed by atoms with Crippen LogP contribution in [0.3, 0.4) is 0 Å². The minimum absolute atomic E-state index is 0.481. The minimum Gasteiger partial charge on any atom is -0.373 e. The molecule has 5 heteroatoms. The van der Waals surface area contributed by atoms with Gasteiger partial charge in [-0.05, 0) is 32.4 Å². The van der Waals surface area contributed by atoms with Crippen molar-refractivity contribution >= 4 is 14.0 Å². The highest BCUT2D eigenvalue weighted by molar-refractivity contribution is 6.75. The van der Waals surface area contributed by atoms with Crippen molar-refractivity contribution in [3.8, 4) is 0 Å². The fourth-order valence-electron chi connectivity index (χ4n) is 3.20. The van der Waals surface area contributed by atoms with Crippen LogP contribution in [0, 0.1) is 0 Å². The molecule has 0 aromatic heterocycles. The summed E-state index contributed by atoms with van der Waals surface area (Å²) >= 11 is 0. The normalized spacial score (nSPS) is 20.2. The Labute approximate surface area is 135 Å². The zero-order chi connectivity index (χ0) is 15.8. The Bertz CT molecular complexity index is 423. The van der Waals surface area contributed by atoms with Crippen molar-refractivity contribution in [2.45, 2.75) is 38.6 Å². The molecule has 1 unspecified atom stereocenters. The molecule has 0 radical (unpaired) electrons. The van der Waals surface area contributed by atoms with Gasteiger partial charge in [-0.15, -0.1) is 0 Å². The summed E-state index contributed by atoms with van der Waals surface area (Å²) in [5.41, 5.74) is 0. The molecule has 0 aliphatic carbocycles. The van der Waals surface area contributed by atoms with Gasteiger partial charge in [-0.2, -0.15) is 0 Å². The van der Waals surface area contributed by atoms with Crippen LogP contribution in [0.1, 0.15) is 32.6 Å². The third-order valence-electron chi connectivity index (χ3n) is 4.39. The van der Waals surface area contributed by atoms with E-state index in [1.54, 1.807) is 14.2 Å². The SMILES string of the molecule is CCCN1CCCCC1CO[Si](OC)(OC)c1ccccc1. The van der Waals surface area contributed by atoms with Gasteiger partial charge in [0.2, 0.25) is 0 Å². The van der Waals surface area contributed by atoms with E-state index in [9.17, 15) is 0 Å². The minimum atomic E-state index is -2.78. The van der Waals surface area contributed by atoms with Crippen LogP contribution in [0.4, 0.5) is 0 Å². The molecule has 0 bridgehead atoms. The Morgan fingerprint density at radius 3 is 2.50 bits per heavy atom. The van der Waals surface area contributed by atoms with Crippen LogP contribution >= 0.6 is 0 Å². The second-order valence-electron chi connectivity index (χ2n) is 5.83. The molecule has 1 saturated heterocycles.